The number of benzene rings is 12. The molecule has 0 saturated heterocycles. The van der Waals surface area contributed by atoms with Gasteiger partial charge in [-0.1, -0.05) is 157 Å². The number of phenolic OH excluding ortho intramolecular Hbond substituents is 1. The molecule has 0 bridgehead atoms. The Kier molecular flexibility index (Phi) is 20.9. The third-order valence-corrected chi connectivity index (χ3v) is 19.2. The number of azo groups is 3. The van der Waals surface area contributed by atoms with Crippen molar-refractivity contribution in [3.05, 3.63) is 200 Å². The molecule has 0 radical (unpaired) electrons. The van der Waals surface area contributed by atoms with Crippen molar-refractivity contribution in [2.45, 2.75) is 29.4 Å². The van der Waals surface area contributed by atoms with E-state index in [1.54, 1.807) is 54.6 Å². The van der Waals surface area contributed by atoms with Crippen LogP contribution in [0.1, 0.15) is 0 Å². The van der Waals surface area contributed by atoms with Crippen molar-refractivity contribution in [3.63, 3.8) is 0 Å². The Morgan fingerprint density at radius 2 is 0.474 bits per heavy atom. The third-order valence-electron chi connectivity index (χ3n) is 13.8. The molecule has 0 aromatic heterocycles. The molecule has 12 aromatic carbocycles. The molecule has 35 heteroatoms. The summed E-state index contributed by atoms with van der Waals surface area (Å²) in [7, 11) is -28.4. The predicted molar refractivity (Wildman–Crippen MR) is 340 cm³/mol. The van der Waals surface area contributed by atoms with Crippen LogP contribution in [0.4, 0.5) is 34.1 Å². The van der Waals surface area contributed by atoms with E-state index in [1.165, 1.54) is 109 Å². The predicted octanol–water partition coefficient (Wildman–Crippen LogP) is 10.4. The fourth-order valence-corrected chi connectivity index (χ4v) is 14.0. The smallest absolute Gasteiger partial charge is 0.871 e. The number of phenols is 1. The molecule has 12 rings (SSSR count). The van der Waals surface area contributed by atoms with Gasteiger partial charge in [-0.25, -0.2) is 33.7 Å². The summed E-state index contributed by atoms with van der Waals surface area (Å²) in [6.45, 7) is 0. The van der Waals surface area contributed by atoms with Gasteiger partial charge in [0.25, 0.3) is 20.2 Å². The van der Waals surface area contributed by atoms with Crippen LogP contribution in [0.3, 0.4) is 0 Å². The fraction of sp³-hybridized carbons (Fsp3) is 0. The van der Waals surface area contributed by atoms with Crippen LogP contribution in [0.2, 0.25) is 0 Å². The minimum Gasteiger partial charge on any atom is -0.871 e. The Bertz CT molecular complexity index is 5380. The van der Waals surface area contributed by atoms with Gasteiger partial charge in [-0.15, -0.1) is 20.5 Å². The number of rotatable bonds is 12. The standard InChI is InChI=1S/3C20H14N2O7S2.2Al/c3*23-20-15-8-4-3-7-14(15)19(31(27,28)29)11-17(20)22-21-16-9-10-18(30(24,25)26)13-6-2-1-5-12(13)16;;/h3*1-11,23H,(H,24,25,26)(H,27,28,29);;/q;;;2*+3/p-6. The minimum absolute atomic E-state index is 0. The van der Waals surface area contributed by atoms with E-state index in [1.807, 2.05) is 0 Å². The van der Waals surface area contributed by atoms with Gasteiger partial charge in [-0.2, -0.15) is 27.1 Å². The Morgan fingerprint density at radius 1 is 0.253 bits per heavy atom. The summed E-state index contributed by atoms with van der Waals surface area (Å²) in [4.78, 5) is -2.82. The van der Waals surface area contributed by atoms with Crippen LogP contribution in [0.5, 0.6) is 17.2 Å². The number of hydrogen-bond donors (Lipinski definition) is 3. The molecule has 0 heterocycles. The molecule has 3 N–H and O–H groups in total. The second-order valence-electron chi connectivity index (χ2n) is 19.6. The summed E-state index contributed by atoms with van der Waals surface area (Å²) in [5.74, 6) is -1.60. The van der Waals surface area contributed by atoms with Gasteiger partial charge in [-0.3, -0.25) is 9.11 Å². The van der Waals surface area contributed by atoms with Crippen molar-refractivity contribution < 1.29 is 93.1 Å². The van der Waals surface area contributed by atoms with E-state index >= 15 is 0 Å². The second-order valence-corrected chi connectivity index (χ2v) is 27.7. The molecule has 0 spiro atoms. The summed E-state index contributed by atoms with van der Waals surface area (Å²) in [6, 6.07) is 45.8. The van der Waals surface area contributed by atoms with Gasteiger partial charge in [0.2, 0.25) is 0 Å². The Labute approximate surface area is 560 Å². The van der Waals surface area contributed by atoms with E-state index in [2.05, 4.69) is 30.7 Å². The molecular weight excluding hydrogens is 1390 g/mol. The van der Waals surface area contributed by atoms with Crippen LogP contribution < -0.4 is 10.2 Å². The maximum absolute atomic E-state index is 12.7. The first-order valence-corrected chi connectivity index (χ1v) is 34.5. The van der Waals surface area contributed by atoms with Crippen molar-refractivity contribution in [3.8, 4) is 17.2 Å². The minimum atomic E-state index is -4.90. The zero-order valence-corrected chi connectivity index (χ0v) is 54.7. The van der Waals surface area contributed by atoms with Gasteiger partial charge < -0.3 is 33.5 Å². The summed E-state index contributed by atoms with van der Waals surface area (Å²) in [6.07, 6.45) is 0. The largest absolute Gasteiger partial charge is 3.00 e. The molecule has 0 aliphatic heterocycles. The molecule has 0 aliphatic rings. The molecule has 95 heavy (non-hydrogen) atoms. The van der Waals surface area contributed by atoms with Gasteiger partial charge in [0.1, 0.15) is 56.0 Å². The van der Waals surface area contributed by atoms with E-state index in [4.69, 9.17) is 0 Å². The van der Waals surface area contributed by atoms with Gasteiger partial charge in [0.05, 0.1) is 48.0 Å². The van der Waals surface area contributed by atoms with Gasteiger partial charge in [0.15, 0.2) is 5.75 Å². The number of aromatic hydroxyl groups is 1. The second kappa shape index (κ2) is 27.7. The van der Waals surface area contributed by atoms with Crippen molar-refractivity contribution in [1.82, 2.24) is 0 Å². The molecule has 27 nitrogen and oxygen atoms in total. The van der Waals surface area contributed by atoms with Crippen LogP contribution in [-0.4, -0.2) is 118 Å². The average Bonchev–Trinajstić information content (AvgIpc) is 0.798. The summed E-state index contributed by atoms with van der Waals surface area (Å²) in [5, 5.41) is 61.1. The van der Waals surface area contributed by atoms with E-state index in [0.29, 0.717) is 5.39 Å². The molecule has 0 aliphatic carbocycles. The summed E-state index contributed by atoms with van der Waals surface area (Å²) in [5.41, 5.74) is -0.474. The zero-order valence-electron chi connectivity index (χ0n) is 47.5. The number of hydrogen-bond acceptors (Lipinski definition) is 25. The fourth-order valence-electron chi connectivity index (χ4n) is 9.78. The molecule has 474 valence electrons. The van der Waals surface area contributed by atoms with E-state index in [9.17, 15) is 93.1 Å². The maximum atomic E-state index is 12.7. The van der Waals surface area contributed by atoms with Gasteiger partial charge in [0, 0.05) is 43.1 Å². The Hall–Kier alpha value is -9.08. The number of nitrogens with zero attached hydrogens (tertiary/aromatic N) is 6. The van der Waals surface area contributed by atoms with Crippen molar-refractivity contribution >= 4 is 194 Å². The van der Waals surface area contributed by atoms with Crippen LogP contribution in [0.15, 0.2) is 260 Å². The Morgan fingerprint density at radius 3 is 0.779 bits per heavy atom. The van der Waals surface area contributed by atoms with Crippen molar-refractivity contribution in [2.24, 2.45) is 30.7 Å². The molecular formula is C60H36Al2N6O21S6. The first kappa shape index (κ1) is 71.8. The molecule has 12 aromatic rings. The quantitative estimate of drug-likeness (QED) is 0.0581. The van der Waals surface area contributed by atoms with Crippen LogP contribution in [-0.2, 0) is 60.7 Å². The van der Waals surface area contributed by atoms with E-state index in [0.717, 1.165) is 36.4 Å². The number of fused-ring (bicyclic) bond motifs is 6. The van der Waals surface area contributed by atoms with Crippen LogP contribution in [0, 0.1) is 0 Å². The molecule has 0 saturated carbocycles. The first-order valence-electron chi connectivity index (χ1n) is 26.0. The van der Waals surface area contributed by atoms with Gasteiger partial charge >= 0.3 is 34.7 Å². The average molecular weight is 1420 g/mol. The molecule has 0 atom stereocenters. The molecule has 0 fully saturated rings. The molecule has 0 amide bonds. The summed E-state index contributed by atoms with van der Waals surface area (Å²) >= 11 is 0. The van der Waals surface area contributed by atoms with Crippen molar-refractivity contribution in [1.29, 1.82) is 0 Å². The normalized spacial score (nSPS) is 12.4. The monoisotopic (exact) mass is 1420 g/mol. The van der Waals surface area contributed by atoms with Gasteiger partial charge in [-0.05, 0) is 76.1 Å². The third kappa shape index (κ3) is 15.4. The zero-order chi connectivity index (χ0) is 67.2. The van der Waals surface area contributed by atoms with Crippen molar-refractivity contribution in [2.75, 3.05) is 0 Å². The van der Waals surface area contributed by atoms with Crippen LogP contribution >= 0.6 is 0 Å². The van der Waals surface area contributed by atoms with Crippen LogP contribution in [0.25, 0.3) is 64.6 Å². The topological polar surface area (TPSA) is 478 Å². The van der Waals surface area contributed by atoms with E-state index < -0.39 is 96.7 Å². The summed E-state index contributed by atoms with van der Waals surface area (Å²) < 4.78 is 205. The molecule has 0 unspecified atom stereocenters. The maximum Gasteiger partial charge on any atom is 3.00 e. The SMILES string of the molecule is O=S(=O)(O)c1ccc(N=Nc2cc(S(=O)(=O)O)c3ccccc3c2O)c2ccccc12.O=S(=O)([O-])c1ccc(N=Nc2cc(S(=O)(=O)[O-])c3ccccc3c2[O-])c2ccccc12.O=S(=O)([O-])c1ccc(N=Nc2cc(S(=O)(=O)[O-])c3ccccc3c2[O-])c2ccccc12.[Al+3].[Al+3]. The van der Waals surface area contributed by atoms with E-state index in [-0.39, 0.29) is 139 Å². The first-order chi connectivity index (χ1) is 43.7. The Balaban J connectivity index is 0.000000181.